The molecular formula is C18H19FN4O2. The maximum absolute atomic E-state index is 13.7. The molecule has 0 unspecified atom stereocenters. The molecule has 7 heteroatoms. The third-order valence-corrected chi connectivity index (χ3v) is 3.97. The molecule has 2 heterocycles. The Hall–Kier alpha value is -2.96. The summed E-state index contributed by atoms with van der Waals surface area (Å²) in [4.78, 5) is 30.2. The van der Waals surface area contributed by atoms with Crippen molar-refractivity contribution in [2.24, 2.45) is 0 Å². The average molecular weight is 342 g/mol. The van der Waals surface area contributed by atoms with Crippen LogP contribution in [0.3, 0.4) is 0 Å². The Labute approximate surface area is 145 Å². The second-order valence-corrected chi connectivity index (χ2v) is 5.90. The first-order valence-electron chi connectivity index (χ1n) is 8.13. The van der Waals surface area contributed by atoms with Gasteiger partial charge in [0, 0.05) is 31.9 Å². The fraction of sp³-hybridized carbons (Fsp3) is 0.278. The van der Waals surface area contributed by atoms with Gasteiger partial charge in [-0.05, 0) is 43.2 Å². The summed E-state index contributed by atoms with van der Waals surface area (Å²) in [6.45, 7) is 3.05. The summed E-state index contributed by atoms with van der Waals surface area (Å²) >= 11 is 0. The molecule has 1 aromatic heterocycles. The highest BCUT2D eigenvalue weighted by atomic mass is 19.1. The number of rotatable bonds is 4. The number of halogens is 1. The van der Waals surface area contributed by atoms with Gasteiger partial charge in [-0.2, -0.15) is 0 Å². The Kier molecular flexibility index (Phi) is 4.92. The summed E-state index contributed by atoms with van der Waals surface area (Å²) in [6, 6.07) is 7.46. The first-order chi connectivity index (χ1) is 12.0. The van der Waals surface area contributed by atoms with Gasteiger partial charge in [0.1, 0.15) is 11.6 Å². The van der Waals surface area contributed by atoms with Gasteiger partial charge in [0.05, 0.1) is 11.3 Å². The third-order valence-electron chi connectivity index (χ3n) is 3.97. The Bertz CT molecular complexity index is 803. The van der Waals surface area contributed by atoms with Gasteiger partial charge in [0.2, 0.25) is 5.91 Å². The number of anilines is 3. The van der Waals surface area contributed by atoms with Crippen molar-refractivity contribution in [2.45, 2.75) is 19.8 Å². The summed E-state index contributed by atoms with van der Waals surface area (Å²) in [5.41, 5.74) is 0.887. The third kappa shape index (κ3) is 3.93. The molecule has 2 aromatic rings. The highest BCUT2D eigenvalue weighted by Crippen LogP contribution is 2.24. The Balaban J connectivity index is 1.82. The normalized spacial score (nSPS) is 13.6. The van der Waals surface area contributed by atoms with Crippen molar-refractivity contribution in [2.75, 3.05) is 28.6 Å². The Morgan fingerprint density at radius 2 is 1.92 bits per heavy atom. The Morgan fingerprint density at radius 1 is 1.16 bits per heavy atom. The topological polar surface area (TPSA) is 74.3 Å². The number of nitrogens with zero attached hydrogens (tertiary/aromatic N) is 2. The highest BCUT2D eigenvalue weighted by Gasteiger charge is 2.20. The van der Waals surface area contributed by atoms with Crippen molar-refractivity contribution in [3.63, 3.8) is 0 Å². The molecule has 25 heavy (non-hydrogen) atoms. The molecule has 1 aliphatic rings. The van der Waals surface area contributed by atoms with Gasteiger partial charge in [-0.3, -0.25) is 9.59 Å². The van der Waals surface area contributed by atoms with Gasteiger partial charge in [0.15, 0.2) is 0 Å². The molecule has 3 rings (SSSR count). The number of pyridine rings is 1. The van der Waals surface area contributed by atoms with Gasteiger partial charge >= 0.3 is 0 Å². The van der Waals surface area contributed by atoms with Gasteiger partial charge in [-0.1, -0.05) is 0 Å². The van der Waals surface area contributed by atoms with Gasteiger partial charge in [-0.15, -0.1) is 0 Å². The van der Waals surface area contributed by atoms with E-state index in [0.717, 1.165) is 25.9 Å². The number of benzene rings is 1. The average Bonchev–Trinajstić information content (AvgIpc) is 3.12. The molecule has 0 radical (unpaired) electrons. The predicted octanol–water partition coefficient (Wildman–Crippen LogP) is 3.03. The smallest absolute Gasteiger partial charge is 0.259 e. The molecule has 2 amide bonds. The van der Waals surface area contributed by atoms with Crippen molar-refractivity contribution in [3.05, 3.63) is 47.9 Å². The molecule has 1 saturated heterocycles. The molecule has 1 aliphatic heterocycles. The lowest BCUT2D eigenvalue weighted by atomic mass is 10.2. The van der Waals surface area contributed by atoms with Crippen LogP contribution in [0.1, 0.15) is 30.1 Å². The summed E-state index contributed by atoms with van der Waals surface area (Å²) in [7, 11) is 0. The van der Waals surface area contributed by atoms with Crippen molar-refractivity contribution in [1.29, 1.82) is 0 Å². The summed E-state index contributed by atoms with van der Waals surface area (Å²) in [6.07, 6.45) is 3.82. The SMILES string of the molecule is CC(=O)Nc1cc(NC(=O)c2cccnc2N2CCCC2)ccc1F. The van der Waals surface area contributed by atoms with Crippen LogP contribution in [0.25, 0.3) is 0 Å². The molecule has 1 fully saturated rings. The fourth-order valence-electron chi connectivity index (χ4n) is 2.84. The lowest BCUT2D eigenvalue weighted by Gasteiger charge is -2.19. The maximum Gasteiger partial charge on any atom is 0.259 e. The minimum Gasteiger partial charge on any atom is -0.356 e. The van der Waals surface area contributed by atoms with E-state index in [1.165, 1.54) is 25.1 Å². The van der Waals surface area contributed by atoms with Crippen LogP contribution in [0.2, 0.25) is 0 Å². The summed E-state index contributed by atoms with van der Waals surface area (Å²) in [5.74, 6) is -0.615. The molecule has 0 bridgehead atoms. The van der Waals surface area contributed by atoms with E-state index in [1.54, 1.807) is 18.3 Å². The van der Waals surface area contributed by atoms with Crippen LogP contribution in [-0.2, 0) is 4.79 Å². The molecular weight excluding hydrogens is 323 g/mol. The van der Waals surface area contributed by atoms with E-state index in [2.05, 4.69) is 20.5 Å². The van der Waals surface area contributed by atoms with E-state index in [4.69, 9.17) is 0 Å². The lowest BCUT2D eigenvalue weighted by molar-refractivity contribution is -0.114. The minimum atomic E-state index is -0.563. The van der Waals surface area contributed by atoms with Crippen molar-refractivity contribution >= 4 is 29.0 Å². The Morgan fingerprint density at radius 3 is 2.64 bits per heavy atom. The van der Waals surface area contributed by atoms with Gasteiger partial charge in [0.25, 0.3) is 5.91 Å². The molecule has 1 aromatic carbocycles. The van der Waals surface area contributed by atoms with Crippen LogP contribution in [0, 0.1) is 5.82 Å². The van der Waals surface area contributed by atoms with Crippen LogP contribution in [0.15, 0.2) is 36.5 Å². The quantitative estimate of drug-likeness (QED) is 0.896. The first kappa shape index (κ1) is 16.9. The van der Waals surface area contributed by atoms with Gasteiger partial charge < -0.3 is 15.5 Å². The van der Waals surface area contributed by atoms with Crippen molar-refractivity contribution < 1.29 is 14.0 Å². The zero-order valence-corrected chi connectivity index (χ0v) is 13.9. The van der Waals surface area contributed by atoms with Gasteiger partial charge in [-0.25, -0.2) is 9.37 Å². The van der Waals surface area contributed by atoms with Crippen molar-refractivity contribution in [3.8, 4) is 0 Å². The van der Waals surface area contributed by atoms with Crippen LogP contribution in [-0.4, -0.2) is 29.9 Å². The molecule has 0 aliphatic carbocycles. The summed E-state index contributed by atoms with van der Waals surface area (Å²) < 4.78 is 13.7. The van der Waals surface area contributed by atoms with E-state index in [1.807, 2.05) is 0 Å². The number of carbonyl (C=O) groups excluding carboxylic acids is 2. The molecule has 130 valence electrons. The van der Waals surface area contributed by atoms with Crippen LogP contribution < -0.4 is 15.5 Å². The van der Waals surface area contributed by atoms with E-state index in [9.17, 15) is 14.0 Å². The van der Waals surface area contributed by atoms with E-state index in [-0.39, 0.29) is 17.5 Å². The predicted molar refractivity (Wildman–Crippen MR) is 94.3 cm³/mol. The zero-order chi connectivity index (χ0) is 17.8. The number of hydrogen-bond donors (Lipinski definition) is 2. The van der Waals surface area contributed by atoms with Crippen LogP contribution >= 0.6 is 0 Å². The molecule has 0 atom stereocenters. The second-order valence-electron chi connectivity index (χ2n) is 5.90. The zero-order valence-electron chi connectivity index (χ0n) is 13.9. The van der Waals surface area contributed by atoms with Crippen molar-refractivity contribution in [1.82, 2.24) is 4.98 Å². The van der Waals surface area contributed by atoms with Crippen LogP contribution in [0.5, 0.6) is 0 Å². The minimum absolute atomic E-state index is 0.0243. The molecule has 0 spiro atoms. The molecule has 0 saturated carbocycles. The second kappa shape index (κ2) is 7.29. The first-order valence-corrected chi connectivity index (χ1v) is 8.13. The number of hydrogen-bond acceptors (Lipinski definition) is 4. The lowest BCUT2D eigenvalue weighted by Crippen LogP contribution is -2.24. The number of carbonyl (C=O) groups is 2. The molecule has 2 N–H and O–H groups in total. The van der Waals surface area contributed by atoms with Crippen LogP contribution in [0.4, 0.5) is 21.6 Å². The number of nitrogens with one attached hydrogen (secondary N) is 2. The molecule has 6 nitrogen and oxygen atoms in total. The largest absolute Gasteiger partial charge is 0.356 e. The monoisotopic (exact) mass is 342 g/mol. The standard InChI is InChI=1S/C18H19FN4O2/c1-12(24)21-16-11-13(6-7-15(16)19)22-18(25)14-5-4-8-20-17(14)23-9-2-3-10-23/h4-8,11H,2-3,9-10H2,1H3,(H,21,24)(H,22,25). The number of aromatic nitrogens is 1. The van der Waals surface area contributed by atoms with E-state index >= 15 is 0 Å². The maximum atomic E-state index is 13.7. The van der Waals surface area contributed by atoms with E-state index in [0.29, 0.717) is 17.1 Å². The fourth-order valence-corrected chi connectivity index (χ4v) is 2.84. The van der Waals surface area contributed by atoms with E-state index < -0.39 is 5.82 Å². The number of amides is 2. The summed E-state index contributed by atoms with van der Waals surface area (Å²) in [5, 5.41) is 5.14. The highest BCUT2D eigenvalue weighted by molar-refractivity contribution is 6.07.